The molecular formula is C38H45N7O9S. The van der Waals surface area contributed by atoms with E-state index in [2.05, 4.69) is 21.7 Å². The molecule has 1 unspecified atom stereocenters. The molecule has 0 bridgehead atoms. The molecule has 2 N–H and O–H groups in total. The normalized spacial score (nSPS) is 18.9. The summed E-state index contributed by atoms with van der Waals surface area (Å²) in [6, 6.07) is 12.9. The molecule has 3 aromatic rings. The van der Waals surface area contributed by atoms with Crippen LogP contribution in [-0.2, 0) is 25.1 Å². The summed E-state index contributed by atoms with van der Waals surface area (Å²) in [4.78, 5) is 49.2. The van der Waals surface area contributed by atoms with Crippen LogP contribution in [0.2, 0.25) is 0 Å². The van der Waals surface area contributed by atoms with Crippen LogP contribution in [-0.4, -0.2) is 106 Å². The Hall–Kier alpha value is -5.60. The van der Waals surface area contributed by atoms with Gasteiger partial charge in [0.05, 0.1) is 43.7 Å². The molecule has 4 amide bonds. The van der Waals surface area contributed by atoms with Crippen LogP contribution in [0.5, 0.6) is 17.4 Å². The minimum Gasteiger partial charge on any atom is -0.497 e. The predicted octanol–water partition coefficient (Wildman–Crippen LogP) is 3.73. The smallest absolute Gasteiger partial charge is 0.410 e. The summed E-state index contributed by atoms with van der Waals surface area (Å²) in [6.07, 6.45) is 2.27. The summed E-state index contributed by atoms with van der Waals surface area (Å²) >= 11 is 0. The molecular weight excluding hydrogens is 731 g/mol. The van der Waals surface area contributed by atoms with Gasteiger partial charge < -0.3 is 39.4 Å². The number of amides is 4. The zero-order valence-electron chi connectivity index (χ0n) is 31.6. The first-order valence-corrected chi connectivity index (χ1v) is 19.4. The van der Waals surface area contributed by atoms with Crippen LogP contribution in [0, 0.1) is 11.3 Å². The Morgan fingerprint density at radius 2 is 1.73 bits per heavy atom. The number of pyridine rings is 1. The monoisotopic (exact) mass is 775 g/mol. The summed E-state index contributed by atoms with van der Waals surface area (Å²) in [5.41, 5.74) is -2.59. The number of nitrogens with zero attached hydrogens (tertiary/aromatic N) is 5. The van der Waals surface area contributed by atoms with Crippen molar-refractivity contribution in [3.05, 3.63) is 71.4 Å². The summed E-state index contributed by atoms with van der Waals surface area (Å²) in [5.74, 6) is -0.780. The largest absolute Gasteiger partial charge is 0.497 e. The molecule has 17 heteroatoms. The van der Waals surface area contributed by atoms with E-state index in [-0.39, 0.29) is 63.7 Å². The van der Waals surface area contributed by atoms with E-state index in [1.165, 1.54) is 56.8 Å². The highest BCUT2D eigenvalue weighted by Crippen LogP contribution is 2.50. The van der Waals surface area contributed by atoms with E-state index in [0.717, 1.165) is 0 Å². The maximum Gasteiger partial charge on any atom is 0.410 e. The number of carbonyl (C=O) groups excluding carboxylic acids is 3. The molecule has 4 heterocycles. The first-order chi connectivity index (χ1) is 26.2. The molecule has 3 aliphatic rings. The zero-order chi connectivity index (χ0) is 39.7. The SMILES string of the molecule is CCOc1ncccc1C1(NC(=O)N2CCC(NC3CN(C(=O)OC(C)(C)C)C3)CC2)C(=O)N(S(=O)(=O)c2ccc(OC)cc2OC)c2ccc(C#N)cc21. The van der Waals surface area contributed by atoms with Gasteiger partial charge in [0.15, 0.2) is 5.54 Å². The number of hydrogen-bond acceptors (Lipinski definition) is 12. The lowest BCUT2D eigenvalue weighted by Crippen LogP contribution is -2.63. The van der Waals surface area contributed by atoms with Crippen molar-refractivity contribution in [2.75, 3.05) is 51.3 Å². The van der Waals surface area contributed by atoms with Crippen LogP contribution < -0.4 is 29.1 Å². The van der Waals surface area contributed by atoms with Gasteiger partial charge in [0.1, 0.15) is 22.0 Å². The fourth-order valence-electron chi connectivity index (χ4n) is 7.04. The lowest BCUT2D eigenvalue weighted by atomic mass is 9.83. The number of hydrogen-bond donors (Lipinski definition) is 2. The summed E-state index contributed by atoms with van der Waals surface area (Å²) < 4.78 is 51.9. The quantitative estimate of drug-likeness (QED) is 0.304. The number of rotatable bonds is 10. The molecule has 0 aliphatic carbocycles. The second-order valence-corrected chi connectivity index (χ2v) is 16.2. The Morgan fingerprint density at radius 1 is 1.00 bits per heavy atom. The molecule has 55 heavy (non-hydrogen) atoms. The molecule has 6 rings (SSSR count). The zero-order valence-corrected chi connectivity index (χ0v) is 32.4. The number of aromatic nitrogens is 1. The van der Waals surface area contributed by atoms with Crippen LogP contribution in [0.1, 0.15) is 57.2 Å². The number of anilines is 1. The van der Waals surface area contributed by atoms with E-state index in [1.807, 2.05) is 20.8 Å². The third-order valence-corrected chi connectivity index (χ3v) is 11.4. The summed E-state index contributed by atoms with van der Waals surface area (Å²) in [6.45, 7) is 9.01. The Balaban J connectivity index is 1.32. The number of sulfonamides is 1. The number of benzene rings is 2. The van der Waals surface area contributed by atoms with Crippen LogP contribution in [0.15, 0.2) is 59.6 Å². The molecule has 1 aromatic heterocycles. The van der Waals surface area contributed by atoms with Gasteiger partial charge >= 0.3 is 12.1 Å². The maximum absolute atomic E-state index is 15.2. The van der Waals surface area contributed by atoms with Crippen molar-refractivity contribution < 1.29 is 41.7 Å². The van der Waals surface area contributed by atoms with Gasteiger partial charge in [-0.3, -0.25) is 4.79 Å². The number of fused-ring (bicyclic) bond motifs is 1. The molecule has 0 spiro atoms. The fraction of sp³-hybridized carbons (Fsp3) is 0.447. The van der Waals surface area contributed by atoms with Crippen LogP contribution in [0.25, 0.3) is 0 Å². The molecule has 2 fully saturated rings. The highest BCUT2D eigenvalue weighted by Gasteiger charge is 2.59. The Morgan fingerprint density at radius 3 is 2.36 bits per heavy atom. The minimum absolute atomic E-state index is 0.00271. The van der Waals surface area contributed by atoms with Gasteiger partial charge in [-0.1, -0.05) is 0 Å². The first-order valence-electron chi connectivity index (χ1n) is 17.9. The number of piperidine rings is 1. The van der Waals surface area contributed by atoms with Gasteiger partial charge in [-0.2, -0.15) is 9.57 Å². The van der Waals surface area contributed by atoms with E-state index in [4.69, 9.17) is 18.9 Å². The van der Waals surface area contributed by atoms with Crippen molar-refractivity contribution in [1.82, 2.24) is 25.4 Å². The van der Waals surface area contributed by atoms with E-state index in [0.29, 0.717) is 49.1 Å². The van der Waals surface area contributed by atoms with E-state index >= 15 is 4.79 Å². The second-order valence-electron chi connectivity index (χ2n) is 14.4. The predicted molar refractivity (Wildman–Crippen MR) is 199 cm³/mol. The molecule has 2 aromatic carbocycles. The number of likely N-dealkylation sites (tertiary alicyclic amines) is 2. The van der Waals surface area contributed by atoms with Crippen molar-refractivity contribution in [2.24, 2.45) is 0 Å². The molecule has 292 valence electrons. The third-order valence-electron chi connectivity index (χ3n) is 9.68. The van der Waals surface area contributed by atoms with Crippen molar-refractivity contribution in [3.63, 3.8) is 0 Å². The van der Waals surface area contributed by atoms with Gasteiger partial charge in [0.25, 0.3) is 15.9 Å². The van der Waals surface area contributed by atoms with Crippen molar-refractivity contribution in [2.45, 2.75) is 68.7 Å². The Labute approximate surface area is 320 Å². The first kappa shape index (κ1) is 39.1. The summed E-state index contributed by atoms with van der Waals surface area (Å²) in [7, 11) is -2.02. The average molecular weight is 776 g/mol. The number of nitriles is 1. The molecule has 2 saturated heterocycles. The number of ether oxygens (including phenoxy) is 4. The molecule has 16 nitrogen and oxygen atoms in total. The van der Waals surface area contributed by atoms with Gasteiger partial charge in [-0.15, -0.1) is 0 Å². The van der Waals surface area contributed by atoms with Crippen LogP contribution >= 0.6 is 0 Å². The van der Waals surface area contributed by atoms with E-state index < -0.39 is 33.1 Å². The third kappa shape index (κ3) is 7.43. The highest BCUT2D eigenvalue weighted by molar-refractivity contribution is 7.93. The topological polar surface area (TPSA) is 193 Å². The molecule has 3 aliphatic heterocycles. The number of carbonyl (C=O) groups is 3. The average Bonchev–Trinajstić information content (AvgIpc) is 3.39. The Kier molecular flexibility index (Phi) is 10.9. The van der Waals surface area contributed by atoms with Crippen molar-refractivity contribution in [1.29, 1.82) is 5.26 Å². The van der Waals surface area contributed by atoms with Crippen LogP contribution in [0.4, 0.5) is 15.3 Å². The standard InChI is InChI=1S/C38H45N7O9S/c1-7-53-33-28(9-8-16-40-33)38(42-35(47)43-17-14-25(15-18-43)41-26-22-44(23-26)36(48)54-37(2,3)4)29-19-24(21-39)10-12-30(29)45(34(38)46)55(49,50)32-13-11-27(51-5)20-31(32)52-6/h8-13,16,19-20,25-26,41H,7,14-15,17-18,22-23H2,1-6H3,(H,42,47). The molecule has 0 saturated carbocycles. The van der Waals surface area contributed by atoms with Gasteiger partial charge in [-0.05, 0) is 83.0 Å². The van der Waals surface area contributed by atoms with Gasteiger partial charge in [0, 0.05) is 56.1 Å². The van der Waals surface area contributed by atoms with E-state index in [9.17, 15) is 23.3 Å². The van der Waals surface area contributed by atoms with E-state index in [1.54, 1.807) is 28.9 Å². The van der Waals surface area contributed by atoms with Crippen molar-refractivity contribution >= 4 is 33.7 Å². The minimum atomic E-state index is -4.73. The lowest BCUT2D eigenvalue weighted by molar-refractivity contribution is -0.121. The number of urea groups is 1. The number of methoxy groups -OCH3 is 2. The second kappa shape index (κ2) is 15.3. The fourth-order valence-corrected chi connectivity index (χ4v) is 8.65. The molecule has 1 atom stereocenters. The summed E-state index contributed by atoms with van der Waals surface area (Å²) in [5, 5.41) is 16.4. The van der Waals surface area contributed by atoms with Crippen molar-refractivity contribution in [3.8, 4) is 23.4 Å². The highest BCUT2D eigenvalue weighted by atomic mass is 32.2. The van der Waals surface area contributed by atoms with Gasteiger partial charge in [0.2, 0.25) is 5.88 Å². The number of nitrogens with one attached hydrogen (secondary N) is 2. The van der Waals surface area contributed by atoms with Gasteiger partial charge in [-0.25, -0.2) is 23.0 Å². The maximum atomic E-state index is 15.2. The lowest BCUT2D eigenvalue weighted by Gasteiger charge is -2.43. The Bertz CT molecular complexity index is 2120. The molecule has 0 radical (unpaired) electrons. The van der Waals surface area contributed by atoms with Crippen LogP contribution in [0.3, 0.4) is 0 Å².